The molecule has 3 N–H and O–H groups in total. The van der Waals surface area contributed by atoms with Gasteiger partial charge in [0.15, 0.2) is 0 Å². The van der Waals surface area contributed by atoms with E-state index >= 15 is 0 Å². The zero-order chi connectivity index (χ0) is 12.5. The molecular weight excluding hydrogens is 251 g/mol. The van der Waals surface area contributed by atoms with Crippen LogP contribution in [0.3, 0.4) is 0 Å². The predicted octanol–water partition coefficient (Wildman–Crippen LogP) is 1.96. The molecule has 7 heteroatoms. The van der Waals surface area contributed by atoms with Gasteiger partial charge in [0.05, 0.1) is 12.2 Å². The number of nitrogens with two attached hydrogens (primary N) is 1. The monoisotopic (exact) mass is 263 g/mol. The van der Waals surface area contributed by atoms with Crippen LogP contribution in [0, 0.1) is 0 Å². The van der Waals surface area contributed by atoms with E-state index in [1.807, 2.05) is 4.31 Å². The molecule has 1 saturated heterocycles. The zero-order valence-corrected chi connectivity index (χ0v) is 9.68. The molecular formula is C10H12F3N3S. The molecule has 0 spiro atoms. The molecule has 1 aliphatic rings. The van der Waals surface area contributed by atoms with Crippen LogP contribution in [0.25, 0.3) is 0 Å². The number of nitrogens with zero attached hydrogens (tertiary/aromatic N) is 1. The maximum Gasteiger partial charge on any atom is 0.416 e. The van der Waals surface area contributed by atoms with Gasteiger partial charge < -0.3 is 5.73 Å². The minimum Gasteiger partial charge on any atom is -0.306 e. The van der Waals surface area contributed by atoms with Crippen molar-refractivity contribution in [3.63, 3.8) is 0 Å². The normalized spacial score (nSPS) is 22.0. The Morgan fingerprint density at radius 3 is 2.82 bits per heavy atom. The summed E-state index contributed by atoms with van der Waals surface area (Å²) in [7, 11) is 0. The number of halogens is 3. The molecule has 2 rings (SSSR count). The molecule has 17 heavy (non-hydrogen) atoms. The molecule has 1 unspecified atom stereocenters. The molecule has 1 aromatic rings. The second-order valence-corrected chi connectivity index (χ2v) is 4.96. The third-order valence-electron chi connectivity index (χ3n) is 2.34. The van der Waals surface area contributed by atoms with Gasteiger partial charge in [-0.2, -0.15) is 13.2 Å². The van der Waals surface area contributed by atoms with Gasteiger partial charge in [0.1, 0.15) is 5.50 Å². The molecule has 1 atom stereocenters. The van der Waals surface area contributed by atoms with Crippen LogP contribution in [0.1, 0.15) is 11.1 Å². The fourth-order valence-electron chi connectivity index (χ4n) is 1.57. The summed E-state index contributed by atoms with van der Waals surface area (Å²) >= 11 is 1.39. The van der Waals surface area contributed by atoms with Gasteiger partial charge in [-0.25, -0.2) is 4.31 Å². The van der Waals surface area contributed by atoms with Crippen LogP contribution in [0.4, 0.5) is 13.2 Å². The molecule has 1 aromatic carbocycles. The van der Waals surface area contributed by atoms with Crippen molar-refractivity contribution in [1.82, 2.24) is 9.62 Å². The van der Waals surface area contributed by atoms with Crippen molar-refractivity contribution >= 4 is 11.9 Å². The quantitative estimate of drug-likeness (QED) is 0.800. The summed E-state index contributed by atoms with van der Waals surface area (Å²) in [5, 5.41) is 2.98. The summed E-state index contributed by atoms with van der Waals surface area (Å²) < 4.78 is 39.4. The van der Waals surface area contributed by atoms with Crippen LogP contribution in [-0.2, 0) is 12.7 Å². The average molecular weight is 263 g/mol. The van der Waals surface area contributed by atoms with Crippen molar-refractivity contribution in [3.05, 3.63) is 35.4 Å². The lowest BCUT2D eigenvalue weighted by Crippen LogP contribution is -2.28. The highest BCUT2D eigenvalue weighted by Gasteiger charge is 2.30. The van der Waals surface area contributed by atoms with E-state index < -0.39 is 11.7 Å². The molecule has 0 amide bonds. The maximum atomic E-state index is 12.5. The van der Waals surface area contributed by atoms with E-state index in [-0.39, 0.29) is 5.50 Å². The Morgan fingerprint density at radius 1 is 1.47 bits per heavy atom. The van der Waals surface area contributed by atoms with E-state index in [2.05, 4.69) is 5.32 Å². The molecule has 1 aliphatic heterocycles. The Labute approximate surface area is 101 Å². The van der Waals surface area contributed by atoms with Gasteiger partial charge >= 0.3 is 6.18 Å². The summed E-state index contributed by atoms with van der Waals surface area (Å²) in [6.45, 7) is 1.01. The topological polar surface area (TPSA) is 41.3 Å². The molecule has 0 aromatic heterocycles. The second kappa shape index (κ2) is 4.85. The first kappa shape index (κ1) is 12.7. The molecule has 3 nitrogen and oxygen atoms in total. The van der Waals surface area contributed by atoms with Crippen LogP contribution in [0.15, 0.2) is 24.3 Å². The highest BCUT2D eigenvalue weighted by molar-refractivity contribution is 7.97. The summed E-state index contributed by atoms with van der Waals surface area (Å²) in [6, 6.07) is 5.35. The number of alkyl halides is 3. The van der Waals surface area contributed by atoms with Crippen molar-refractivity contribution in [2.75, 3.05) is 6.67 Å². The third kappa shape index (κ3) is 3.35. The van der Waals surface area contributed by atoms with Crippen molar-refractivity contribution in [1.29, 1.82) is 0 Å². The van der Waals surface area contributed by atoms with Crippen LogP contribution < -0.4 is 11.1 Å². The number of benzene rings is 1. The van der Waals surface area contributed by atoms with E-state index in [4.69, 9.17) is 5.73 Å². The van der Waals surface area contributed by atoms with E-state index in [1.165, 1.54) is 24.1 Å². The lowest BCUT2D eigenvalue weighted by Gasteiger charge is -2.14. The van der Waals surface area contributed by atoms with Crippen LogP contribution >= 0.6 is 11.9 Å². The van der Waals surface area contributed by atoms with E-state index in [9.17, 15) is 13.2 Å². The predicted molar refractivity (Wildman–Crippen MR) is 60.6 cm³/mol. The molecule has 94 valence electrons. The van der Waals surface area contributed by atoms with E-state index in [0.717, 1.165) is 6.07 Å². The summed E-state index contributed by atoms with van der Waals surface area (Å²) in [5.41, 5.74) is 5.44. The van der Waals surface area contributed by atoms with Crippen molar-refractivity contribution in [2.24, 2.45) is 5.73 Å². The minimum atomic E-state index is -4.29. The number of rotatable bonds is 2. The van der Waals surface area contributed by atoms with Gasteiger partial charge in [-0.3, -0.25) is 5.32 Å². The molecule has 0 bridgehead atoms. The van der Waals surface area contributed by atoms with E-state index in [1.54, 1.807) is 6.07 Å². The summed E-state index contributed by atoms with van der Waals surface area (Å²) in [4.78, 5) is 0. The SMILES string of the molecule is NC1NCN(Cc2cccc(C(F)(F)F)c2)S1. The molecule has 1 fully saturated rings. The Bertz CT molecular complexity index is 397. The third-order valence-corrected chi connectivity index (χ3v) is 3.29. The fraction of sp³-hybridized carbons (Fsp3) is 0.400. The Morgan fingerprint density at radius 2 is 2.24 bits per heavy atom. The number of nitrogens with one attached hydrogen (secondary N) is 1. The van der Waals surface area contributed by atoms with Gasteiger partial charge in [0, 0.05) is 6.54 Å². The van der Waals surface area contributed by atoms with Crippen LogP contribution in [0.5, 0.6) is 0 Å². The van der Waals surface area contributed by atoms with Gasteiger partial charge in [-0.1, -0.05) is 18.2 Å². The Hall–Kier alpha value is -0.760. The first-order valence-electron chi connectivity index (χ1n) is 5.02. The molecule has 0 radical (unpaired) electrons. The van der Waals surface area contributed by atoms with E-state index in [0.29, 0.717) is 18.8 Å². The number of hydrogen-bond acceptors (Lipinski definition) is 4. The lowest BCUT2D eigenvalue weighted by atomic mass is 10.1. The van der Waals surface area contributed by atoms with Crippen molar-refractivity contribution in [2.45, 2.75) is 18.2 Å². The van der Waals surface area contributed by atoms with Crippen molar-refractivity contribution in [3.8, 4) is 0 Å². The largest absolute Gasteiger partial charge is 0.416 e. The summed E-state index contributed by atoms with van der Waals surface area (Å²) in [6.07, 6.45) is -4.29. The van der Waals surface area contributed by atoms with Gasteiger partial charge in [0.25, 0.3) is 0 Å². The van der Waals surface area contributed by atoms with Gasteiger partial charge in [-0.15, -0.1) is 0 Å². The Balaban J connectivity index is 2.06. The number of hydrogen-bond donors (Lipinski definition) is 2. The van der Waals surface area contributed by atoms with Crippen molar-refractivity contribution < 1.29 is 13.2 Å². The lowest BCUT2D eigenvalue weighted by molar-refractivity contribution is -0.137. The highest BCUT2D eigenvalue weighted by atomic mass is 32.2. The molecule has 0 aliphatic carbocycles. The van der Waals surface area contributed by atoms with Crippen LogP contribution in [-0.4, -0.2) is 16.5 Å². The fourth-order valence-corrected chi connectivity index (χ4v) is 2.41. The summed E-state index contributed by atoms with van der Waals surface area (Å²) in [5.74, 6) is 0. The average Bonchev–Trinajstić information content (AvgIpc) is 2.63. The first-order valence-corrected chi connectivity index (χ1v) is 5.85. The second-order valence-electron chi connectivity index (χ2n) is 3.73. The molecule has 0 saturated carbocycles. The Kier molecular flexibility index (Phi) is 3.62. The smallest absolute Gasteiger partial charge is 0.306 e. The maximum absolute atomic E-state index is 12.5. The molecule has 1 heterocycles. The first-order chi connectivity index (χ1) is 7.95. The minimum absolute atomic E-state index is 0.180. The van der Waals surface area contributed by atoms with Crippen LogP contribution in [0.2, 0.25) is 0 Å². The van der Waals surface area contributed by atoms with Gasteiger partial charge in [-0.05, 0) is 23.6 Å². The highest BCUT2D eigenvalue weighted by Crippen LogP contribution is 2.30. The zero-order valence-electron chi connectivity index (χ0n) is 8.87. The van der Waals surface area contributed by atoms with Gasteiger partial charge in [0.2, 0.25) is 0 Å². The standard InChI is InChI=1S/C10H12F3N3S/c11-10(12,13)8-3-1-2-7(4-8)5-16-6-15-9(14)17-16/h1-4,9,15H,5-6,14H2.